The van der Waals surface area contributed by atoms with Gasteiger partial charge in [0.25, 0.3) is 5.91 Å². The fraction of sp³-hybridized carbons (Fsp3) is 0.200. The van der Waals surface area contributed by atoms with E-state index in [2.05, 4.69) is 9.39 Å². The highest BCUT2D eigenvalue weighted by Crippen LogP contribution is 2.31. The highest BCUT2D eigenvalue weighted by molar-refractivity contribution is 8.16. The van der Waals surface area contributed by atoms with E-state index in [4.69, 9.17) is 10.1 Å². The molecule has 11 heteroatoms. The van der Waals surface area contributed by atoms with Gasteiger partial charge < -0.3 is 9.30 Å². The largest absolute Gasteiger partial charge is 0.491 e. The molecule has 1 aromatic heterocycles. The Hall–Kier alpha value is -3.70. The quantitative estimate of drug-likeness (QED) is 0.401. The molecule has 1 N–H and O–H groups in total. The number of hydrogen-bond donors (Lipinski definition) is 1. The Balaban J connectivity index is 1.46. The summed E-state index contributed by atoms with van der Waals surface area (Å²) in [5.41, 5.74) is 3.85. The summed E-state index contributed by atoms with van der Waals surface area (Å²) in [6.07, 6.45) is 4.49. The van der Waals surface area contributed by atoms with Crippen LogP contribution in [0.4, 0.5) is 0 Å². The van der Waals surface area contributed by atoms with Crippen molar-refractivity contribution in [3.8, 4) is 5.75 Å². The molecule has 9 nitrogen and oxygen atoms in total. The van der Waals surface area contributed by atoms with Gasteiger partial charge in [0, 0.05) is 28.9 Å². The van der Waals surface area contributed by atoms with Crippen molar-refractivity contribution in [2.24, 2.45) is 9.39 Å². The van der Waals surface area contributed by atoms with Crippen LogP contribution in [-0.4, -0.2) is 52.8 Å². The number of nitrogens with zero attached hydrogens (tertiary/aromatic N) is 4. The number of rotatable bonds is 5. The number of amides is 1. The lowest BCUT2D eigenvalue weighted by Crippen LogP contribution is -2.45. The third-order valence-electron chi connectivity index (χ3n) is 5.88. The van der Waals surface area contributed by atoms with Crippen molar-refractivity contribution < 1.29 is 17.9 Å². The smallest absolute Gasteiger partial charge is 0.283 e. The van der Waals surface area contributed by atoms with Crippen LogP contribution < -0.4 is 4.74 Å². The molecule has 0 saturated carbocycles. The molecule has 0 saturated heterocycles. The van der Waals surface area contributed by atoms with Gasteiger partial charge in [-0.25, -0.2) is 13.3 Å². The number of benzene rings is 2. The molecule has 5 rings (SSSR count). The van der Waals surface area contributed by atoms with Gasteiger partial charge in [0.1, 0.15) is 18.2 Å². The normalized spacial score (nSPS) is 17.0. The van der Waals surface area contributed by atoms with E-state index in [1.54, 1.807) is 6.08 Å². The van der Waals surface area contributed by atoms with Crippen LogP contribution >= 0.6 is 11.9 Å². The average Bonchev–Trinajstić information content (AvgIpc) is 3.41. The number of aryl methyl sites for hydroxylation is 2. The van der Waals surface area contributed by atoms with Gasteiger partial charge in [-0.2, -0.15) is 9.39 Å². The van der Waals surface area contributed by atoms with Gasteiger partial charge in [-0.05, 0) is 43.2 Å². The molecule has 0 atom stereocenters. The monoisotopic (exact) mass is 521 g/mol. The van der Waals surface area contributed by atoms with Crippen LogP contribution in [-0.2, 0) is 21.2 Å². The van der Waals surface area contributed by atoms with E-state index in [1.807, 2.05) is 67.1 Å². The minimum Gasteiger partial charge on any atom is -0.491 e. The van der Waals surface area contributed by atoms with Crippen LogP contribution in [0.5, 0.6) is 5.75 Å². The van der Waals surface area contributed by atoms with E-state index < -0.39 is 15.7 Å². The Morgan fingerprint density at radius 2 is 1.94 bits per heavy atom. The van der Waals surface area contributed by atoms with Crippen LogP contribution in [0.2, 0.25) is 0 Å². The maximum Gasteiger partial charge on any atom is 0.283 e. The molecule has 0 aliphatic carbocycles. The molecule has 2 aliphatic rings. The molecule has 3 aromatic rings. The van der Waals surface area contributed by atoms with Crippen molar-refractivity contribution >= 4 is 60.8 Å². The highest BCUT2D eigenvalue weighted by Gasteiger charge is 2.41. The minimum absolute atomic E-state index is 0.00728. The highest BCUT2D eigenvalue weighted by atomic mass is 32.2. The fourth-order valence-electron chi connectivity index (χ4n) is 4.08. The number of para-hydroxylation sites is 1. The lowest BCUT2D eigenvalue weighted by molar-refractivity contribution is -0.114. The summed E-state index contributed by atoms with van der Waals surface area (Å²) in [5, 5.41) is 9.24. The van der Waals surface area contributed by atoms with Crippen LogP contribution in [0, 0.1) is 19.3 Å². The third-order valence-corrected chi connectivity index (χ3v) is 7.63. The second kappa shape index (κ2) is 9.07. The number of carbonyl (C=O) groups is 1. The van der Waals surface area contributed by atoms with Crippen molar-refractivity contribution in [3.63, 3.8) is 0 Å². The molecule has 2 aliphatic heterocycles. The molecule has 0 fully saturated rings. The predicted octanol–water partition coefficient (Wildman–Crippen LogP) is 3.96. The zero-order valence-electron chi connectivity index (χ0n) is 19.8. The Bertz CT molecular complexity index is 1630. The first kappa shape index (κ1) is 24.0. The lowest BCUT2D eigenvalue weighted by Gasteiger charge is -2.23. The van der Waals surface area contributed by atoms with E-state index in [-0.39, 0.29) is 21.7 Å². The first-order valence-corrected chi connectivity index (χ1v) is 13.8. The number of carbonyl (C=O) groups excluding carboxylic acids is 1. The van der Waals surface area contributed by atoms with Gasteiger partial charge in [-0.3, -0.25) is 10.2 Å². The minimum atomic E-state index is -3.71. The SMILES string of the molecule is Cc1ccc(C)c(OCCn2cc(C=C3C(=N)N4C(=NC3=O)SN=C4S(C)(=O)=O)c3ccccc32)c1. The molecule has 3 heterocycles. The zero-order valence-corrected chi connectivity index (χ0v) is 21.5. The summed E-state index contributed by atoms with van der Waals surface area (Å²) in [4.78, 5) is 17.9. The number of sulfone groups is 1. The standard InChI is InChI=1S/C25H23N5O4S2/c1-15-8-9-16(2)21(12-15)34-11-10-29-14-17(18-6-4-5-7-20(18)29)13-19-22(26)30-24(27-23(19)31)35-28-25(30)36(3,32)33/h4-9,12-14,26H,10-11H2,1-3H3. The summed E-state index contributed by atoms with van der Waals surface area (Å²) in [6.45, 7) is 5.04. The van der Waals surface area contributed by atoms with Gasteiger partial charge in [0.05, 0.1) is 24.1 Å². The van der Waals surface area contributed by atoms with Crippen LogP contribution in [0.3, 0.4) is 0 Å². The molecule has 184 valence electrons. The number of fused-ring (bicyclic) bond motifs is 2. The average molecular weight is 522 g/mol. The van der Waals surface area contributed by atoms with Crippen molar-refractivity contribution in [2.45, 2.75) is 20.4 Å². The van der Waals surface area contributed by atoms with Gasteiger partial charge in [0.2, 0.25) is 20.2 Å². The first-order chi connectivity index (χ1) is 17.1. The molecule has 0 spiro atoms. The van der Waals surface area contributed by atoms with Gasteiger partial charge in [0.15, 0.2) is 0 Å². The molecular formula is C25H23N5O4S2. The Morgan fingerprint density at radius 1 is 1.17 bits per heavy atom. The van der Waals surface area contributed by atoms with Gasteiger partial charge in [-0.15, -0.1) is 0 Å². The van der Waals surface area contributed by atoms with E-state index in [1.165, 1.54) is 0 Å². The molecule has 1 amide bonds. The molecule has 36 heavy (non-hydrogen) atoms. The summed E-state index contributed by atoms with van der Waals surface area (Å²) in [6, 6.07) is 13.8. The zero-order chi connectivity index (χ0) is 25.6. The maximum absolute atomic E-state index is 12.8. The molecular weight excluding hydrogens is 498 g/mol. The molecule has 0 bridgehead atoms. The first-order valence-electron chi connectivity index (χ1n) is 11.1. The Kier molecular flexibility index (Phi) is 6.05. The Morgan fingerprint density at radius 3 is 2.72 bits per heavy atom. The van der Waals surface area contributed by atoms with Crippen LogP contribution in [0.25, 0.3) is 17.0 Å². The van der Waals surface area contributed by atoms with E-state index in [0.29, 0.717) is 18.7 Å². The van der Waals surface area contributed by atoms with Crippen LogP contribution in [0.15, 0.2) is 63.6 Å². The lowest BCUT2D eigenvalue weighted by atomic mass is 10.1. The number of hydrogen-bond acceptors (Lipinski definition) is 7. The summed E-state index contributed by atoms with van der Waals surface area (Å²) in [5.74, 6) is -0.0383. The number of ether oxygens (including phenoxy) is 1. The third kappa shape index (κ3) is 4.35. The van der Waals surface area contributed by atoms with E-state index in [9.17, 15) is 13.2 Å². The summed E-state index contributed by atoms with van der Waals surface area (Å²) in [7, 11) is -3.71. The number of nitrogens with one attached hydrogen (secondary N) is 1. The topological polar surface area (TPSA) is 117 Å². The summed E-state index contributed by atoms with van der Waals surface area (Å²) >= 11 is 0.771. The number of amidine groups is 3. The number of aromatic nitrogens is 1. The van der Waals surface area contributed by atoms with Gasteiger partial charge >= 0.3 is 0 Å². The van der Waals surface area contributed by atoms with Gasteiger partial charge in [-0.1, -0.05) is 30.3 Å². The van der Waals surface area contributed by atoms with E-state index >= 15 is 0 Å². The second-order valence-electron chi connectivity index (χ2n) is 8.59. The van der Waals surface area contributed by atoms with Crippen molar-refractivity contribution in [2.75, 3.05) is 12.9 Å². The van der Waals surface area contributed by atoms with E-state index in [0.717, 1.165) is 50.9 Å². The predicted molar refractivity (Wildman–Crippen MR) is 143 cm³/mol. The fourth-order valence-corrected chi connectivity index (χ4v) is 5.93. The Labute approximate surface area is 212 Å². The summed E-state index contributed by atoms with van der Waals surface area (Å²) < 4.78 is 36.3. The van der Waals surface area contributed by atoms with Crippen molar-refractivity contribution in [3.05, 3.63) is 70.9 Å². The number of aliphatic imine (C=N–C) groups is 1. The van der Waals surface area contributed by atoms with Crippen molar-refractivity contribution in [1.29, 1.82) is 5.41 Å². The molecule has 0 unspecified atom stereocenters. The van der Waals surface area contributed by atoms with Crippen molar-refractivity contribution in [1.82, 2.24) is 9.47 Å². The second-order valence-corrected chi connectivity index (χ2v) is 11.2. The molecule has 2 aromatic carbocycles. The van der Waals surface area contributed by atoms with Crippen LogP contribution in [0.1, 0.15) is 16.7 Å². The molecule has 0 radical (unpaired) electrons. The maximum atomic E-state index is 12.8.